The molecule has 2 unspecified atom stereocenters. The van der Waals surface area contributed by atoms with Crippen LogP contribution >= 0.6 is 0 Å². The molecule has 1 aliphatic heterocycles. The molecule has 0 aliphatic carbocycles. The molecular formula is C20H33N5O2. The van der Waals surface area contributed by atoms with Gasteiger partial charge in [0.15, 0.2) is 5.96 Å². The molecule has 2 atom stereocenters. The van der Waals surface area contributed by atoms with Crippen molar-refractivity contribution < 1.29 is 9.53 Å². The second kappa shape index (κ2) is 10.9. The van der Waals surface area contributed by atoms with Crippen molar-refractivity contribution in [2.24, 2.45) is 4.99 Å². The van der Waals surface area contributed by atoms with Gasteiger partial charge in [0.25, 0.3) is 0 Å². The quantitative estimate of drug-likeness (QED) is 0.402. The van der Waals surface area contributed by atoms with E-state index in [0.717, 1.165) is 19.5 Å². The van der Waals surface area contributed by atoms with Gasteiger partial charge in [0, 0.05) is 52.9 Å². The SMILES string of the molecule is COCCNC(=NCC(=O)N(C)C)NC1CC(C)N(Cc2ccccc2)C1. The van der Waals surface area contributed by atoms with E-state index in [2.05, 4.69) is 51.7 Å². The summed E-state index contributed by atoms with van der Waals surface area (Å²) in [4.78, 5) is 20.3. The summed E-state index contributed by atoms with van der Waals surface area (Å²) in [6, 6.07) is 11.3. The minimum absolute atomic E-state index is 0.0201. The molecule has 0 bridgehead atoms. The first kappa shape index (κ1) is 21.2. The Kier molecular flexibility index (Phi) is 8.54. The summed E-state index contributed by atoms with van der Waals surface area (Å²) in [5.41, 5.74) is 1.33. The molecule has 2 N–H and O–H groups in total. The van der Waals surface area contributed by atoms with Gasteiger partial charge < -0.3 is 20.3 Å². The van der Waals surface area contributed by atoms with E-state index in [0.29, 0.717) is 31.2 Å². The van der Waals surface area contributed by atoms with Gasteiger partial charge in [0.05, 0.1) is 6.61 Å². The number of ether oxygens (including phenoxy) is 1. The highest BCUT2D eigenvalue weighted by molar-refractivity contribution is 5.85. The molecule has 1 saturated heterocycles. The molecule has 1 aromatic carbocycles. The number of amides is 1. The van der Waals surface area contributed by atoms with Crippen LogP contribution in [0.3, 0.4) is 0 Å². The number of carbonyl (C=O) groups excluding carboxylic acids is 1. The van der Waals surface area contributed by atoms with Crippen molar-refractivity contribution in [3.8, 4) is 0 Å². The predicted molar refractivity (Wildman–Crippen MR) is 109 cm³/mol. The fourth-order valence-corrected chi connectivity index (χ4v) is 3.15. The topological polar surface area (TPSA) is 69.2 Å². The fraction of sp³-hybridized carbons (Fsp3) is 0.600. The second-order valence-corrected chi connectivity index (χ2v) is 7.21. The van der Waals surface area contributed by atoms with E-state index < -0.39 is 0 Å². The highest BCUT2D eigenvalue weighted by atomic mass is 16.5. The van der Waals surface area contributed by atoms with Gasteiger partial charge in [-0.05, 0) is 18.9 Å². The lowest BCUT2D eigenvalue weighted by atomic mass is 10.2. The van der Waals surface area contributed by atoms with Crippen molar-refractivity contribution in [3.05, 3.63) is 35.9 Å². The van der Waals surface area contributed by atoms with Crippen molar-refractivity contribution in [1.29, 1.82) is 0 Å². The lowest BCUT2D eigenvalue weighted by Gasteiger charge is -2.21. The lowest BCUT2D eigenvalue weighted by Crippen LogP contribution is -2.46. The third-order valence-electron chi connectivity index (χ3n) is 4.74. The van der Waals surface area contributed by atoms with E-state index in [1.54, 1.807) is 26.1 Å². The molecule has 1 aromatic rings. The van der Waals surface area contributed by atoms with Gasteiger partial charge in [-0.15, -0.1) is 0 Å². The number of carbonyl (C=O) groups is 1. The van der Waals surface area contributed by atoms with E-state index in [1.807, 2.05) is 6.07 Å². The van der Waals surface area contributed by atoms with Crippen molar-refractivity contribution in [3.63, 3.8) is 0 Å². The standard InChI is InChI=1S/C20H33N5O2/c1-16-12-18(15-25(16)14-17-8-6-5-7-9-17)23-20(21-10-11-27-4)22-13-19(26)24(2)3/h5-9,16,18H,10-15H2,1-4H3,(H2,21,22,23). The van der Waals surface area contributed by atoms with Crippen molar-refractivity contribution in [1.82, 2.24) is 20.4 Å². The minimum Gasteiger partial charge on any atom is -0.383 e. The van der Waals surface area contributed by atoms with E-state index in [1.165, 1.54) is 5.56 Å². The zero-order chi connectivity index (χ0) is 19.6. The Labute approximate surface area is 162 Å². The Hall–Kier alpha value is -2.12. The van der Waals surface area contributed by atoms with Crippen LogP contribution in [0.25, 0.3) is 0 Å². The predicted octanol–water partition coefficient (Wildman–Crippen LogP) is 0.919. The molecule has 7 heteroatoms. The number of likely N-dealkylation sites (N-methyl/N-ethyl adjacent to an activating group) is 1. The number of benzene rings is 1. The number of methoxy groups -OCH3 is 1. The summed E-state index contributed by atoms with van der Waals surface area (Å²) >= 11 is 0. The molecule has 150 valence electrons. The molecule has 1 fully saturated rings. The van der Waals surface area contributed by atoms with Gasteiger partial charge in [0.1, 0.15) is 6.54 Å². The lowest BCUT2D eigenvalue weighted by molar-refractivity contribution is -0.127. The van der Waals surface area contributed by atoms with Gasteiger partial charge in [-0.3, -0.25) is 9.69 Å². The van der Waals surface area contributed by atoms with Crippen molar-refractivity contribution >= 4 is 11.9 Å². The summed E-state index contributed by atoms with van der Waals surface area (Å²) in [5.74, 6) is 0.648. The maximum atomic E-state index is 11.9. The molecule has 1 heterocycles. The molecule has 1 amide bonds. The Bertz CT molecular complexity index is 606. The fourth-order valence-electron chi connectivity index (χ4n) is 3.15. The number of guanidine groups is 1. The van der Waals surface area contributed by atoms with Crippen LogP contribution in [-0.4, -0.2) is 81.2 Å². The van der Waals surface area contributed by atoms with Crippen LogP contribution < -0.4 is 10.6 Å². The molecule has 0 radical (unpaired) electrons. The summed E-state index contributed by atoms with van der Waals surface area (Å²) in [6.07, 6.45) is 1.04. The number of aliphatic imine (C=N–C) groups is 1. The van der Waals surface area contributed by atoms with Crippen LogP contribution in [0.4, 0.5) is 0 Å². The Morgan fingerprint density at radius 2 is 2.07 bits per heavy atom. The number of rotatable bonds is 8. The monoisotopic (exact) mass is 375 g/mol. The number of hydrogen-bond acceptors (Lipinski definition) is 4. The Morgan fingerprint density at radius 1 is 1.33 bits per heavy atom. The first-order chi connectivity index (χ1) is 13.0. The van der Waals surface area contributed by atoms with Crippen LogP contribution in [0.2, 0.25) is 0 Å². The van der Waals surface area contributed by atoms with E-state index >= 15 is 0 Å². The van der Waals surface area contributed by atoms with Crippen LogP contribution in [0.15, 0.2) is 35.3 Å². The van der Waals surface area contributed by atoms with Gasteiger partial charge >= 0.3 is 0 Å². The van der Waals surface area contributed by atoms with Gasteiger partial charge in [-0.1, -0.05) is 30.3 Å². The third kappa shape index (κ3) is 7.19. The molecular weight excluding hydrogens is 342 g/mol. The maximum Gasteiger partial charge on any atom is 0.243 e. The maximum absolute atomic E-state index is 11.9. The second-order valence-electron chi connectivity index (χ2n) is 7.21. The third-order valence-corrected chi connectivity index (χ3v) is 4.74. The van der Waals surface area contributed by atoms with Crippen LogP contribution in [0.1, 0.15) is 18.9 Å². The first-order valence-corrected chi connectivity index (χ1v) is 9.51. The zero-order valence-electron chi connectivity index (χ0n) is 16.9. The summed E-state index contributed by atoms with van der Waals surface area (Å²) < 4.78 is 5.10. The van der Waals surface area contributed by atoms with Crippen LogP contribution in [-0.2, 0) is 16.1 Å². The molecule has 2 rings (SSSR count). The number of nitrogens with one attached hydrogen (secondary N) is 2. The molecule has 0 saturated carbocycles. The summed E-state index contributed by atoms with van der Waals surface area (Å²) in [6.45, 7) is 5.52. The number of hydrogen-bond donors (Lipinski definition) is 2. The zero-order valence-corrected chi connectivity index (χ0v) is 16.9. The molecule has 0 spiro atoms. The minimum atomic E-state index is -0.0201. The largest absolute Gasteiger partial charge is 0.383 e. The normalized spacial score (nSPS) is 20.5. The average molecular weight is 376 g/mol. The Balaban J connectivity index is 1.93. The first-order valence-electron chi connectivity index (χ1n) is 9.51. The van der Waals surface area contributed by atoms with Crippen molar-refractivity contribution in [2.75, 3.05) is 47.4 Å². The van der Waals surface area contributed by atoms with Gasteiger partial charge in [-0.2, -0.15) is 0 Å². The number of nitrogens with zero attached hydrogens (tertiary/aromatic N) is 3. The highest BCUT2D eigenvalue weighted by Crippen LogP contribution is 2.20. The molecule has 1 aliphatic rings. The van der Waals surface area contributed by atoms with E-state index in [-0.39, 0.29) is 12.5 Å². The van der Waals surface area contributed by atoms with Gasteiger partial charge in [-0.25, -0.2) is 4.99 Å². The van der Waals surface area contributed by atoms with Crippen molar-refractivity contribution in [2.45, 2.75) is 32.0 Å². The smallest absolute Gasteiger partial charge is 0.243 e. The molecule has 0 aromatic heterocycles. The summed E-state index contributed by atoms with van der Waals surface area (Å²) in [7, 11) is 5.15. The van der Waals surface area contributed by atoms with Crippen LogP contribution in [0.5, 0.6) is 0 Å². The Morgan fingerprint density at radius 3 is 2.74 bits per heavy atom. The van der Waals surface area contributed by atoms with E-state index in [4.69, 9.17) is 4.74 Å². The molecule has 27 heavy (non-hydrogen) atoms. The average Bonchev–Trinajstić information content (AvgIpc) is 2.99. The summed E-state index contributed by atoms with van der Waals surface area (Å²) in [5, 5.41) is 6.73. The van der Waals surface area contributed by atoms with Gasteiger partial charge in [0.2, 0.25) is 5.91 Å². The van der Waals surface area contributed by atoms with E-state index in [9.17, 15) is 4.79 Å². The highest BCUT2D eigenvalue weighted by Gasteiger charge is 2.29. The molecule has 7 nitrogen and oxygen atoms in total. The van der Waals surface area contributed by atoms with Crippen LogP contribution in [0, 0.1) is 0 Å². The number of likely N-dealkylation sites (tertiary alicyclic amines) is 1.